The zero-order valence-electron chi connectivity index (χ0n) is 12.0. The van der Waals surface area contributed by atoms with Gasteiger partial charge in [0.1, 0.15) is 6.26 Å². The molecule has 2 rings (SSSR count). The number of hydrogen-bond acceptors (Lipinski definition) is 3. The van der Waals surface area contributed by atoms with Crippen molar-refractivity contribution < 1.29 is 19.1 Å². The van der Waals surface area contributed by atoms with Gasteiger partial charge in [0.2, 0.25) is 0 Å². The predicted octanol–water partition coefficient (Wildman–Crippen LogP) is 3.02. The van der Waals surface area contributed by atoms with Gasteiger partial charge in [-0.25, -0.2) is 4.79 Å². The first kappa shape index (κ1) is 14.6. The van der Waals surface area contributed by atoms with Crippen LogP contribution in [0.1, 0.15) is 60.4 Å². The largest absolute Gasteiger partial charge is 0.478 e. The zero-order chi connectivity index (χ0) is 14.8. The first-order valence-electron chi connectivity index (χ1n) is 7.06. The van der Waals surface area contributed by atoms with E-state index in [4.69, 9.17) is 9.52 Å². The van der Waals surface area contributed by atoms with E-state index in [1.54, 1.807) is 4.90 Å². The third-order valence-corrected chi connectivity index (χ3v) is 3.98. The maximum absolute atomic E-state index is 12.4. The number of likely N-dealkylation sites (tertiary alicyclic amines) is 1. The van der Waals surface area contributed by atoms with E-state index in [0.29, 0.717) is 13.1 Å². The quantitative estimate of drug-likeness (QED) is 0.919. The van der Waals surface area contributed by atoms with Gasteiger partial charge in [-0.3, -0.25) is 4.79 Å². The minimum Gasteiger partial charge on any atom is -0.478 e. The number of carbonyl (C=O) groups excluding carboxylic acids is 1. The van der Waals surface area contributed by atoms with Gasteiger partial charge in [-0.1, -0.05) is 20.3 Å². The van der Waals surface area contributed by atoms with Crippen molar-refractivity contribution in [2.75, 3.05) is 13.1 Å². The Labute approximate surface area is 118 Å². The first-order chi connectivity index (χ1) is 9.45. The third-order valence-electron chi connectivity index (χ3n) is 3.98. The molecule has 1 aliphatic rings. The molecule has 0 radical (unpaired) electrons. The van der Waals surface area contributed by atoms with E-state index in [-0.39, 0.29) is 22.6 Å². The summed E-state index contributed by atoms with van der Waals surface area (Å²) < 4.78 is 5.10. The molecule has 1 atom stereocenters. The third kappa shape index (κ3) is 3.03. The molecule has 5 nitrogen and oxygen atoms in total. The van der Waals surface area contributed by atoms with E-state index >= 15 is 0 Å². The minimum absolute atomic E-state index is 0.0154. The smallest absolute Gasteiger partial charge is 0.338 e. The maximum atomic E-state index is 12.4. The summed E-state index contributed by atoms with van der Waals surface area (Å²) in [6.07, 6.45) is 5.42. The van der Waals surface area contributed by atoms with Crippen LogP contribution in [0.25, 0.3) is 0 Å². The van der Waals surface area contributed by atoms with E-state index in [2.05, 4.69) is 13.8 Å². The second-order valence-electron chi connectivity index (χ2n) is 5.90. The molecule has 5 heteroatoms. The fourth-order valence-corrected chi connectivity index (χ4v) is 3.01. The van der Waals surface area contributed by atoms with Crippen LogP contribution in [0.2, 0.25) is 0 Å². The standard InChI is InChI=1S/C15H21NO4/c1-3-5-15(2)6-4-7-16(10-15)13(17)12-8-11(9-20-12)14(18)19/h8-9H,3-7,10H2,1-2H3,(H,18,19). The van der Waals surface area contributed by atoms with Crippen LogP contribution >= 0.6 is 0 Å². The van der Waals surface area contributed by atoms with Crippen LogP contribution in [0, 0.1) is 5.41 Å². The average molecular weight is 279 g/mol. The number of amides is 1. The van der Waals surface area contributed by atoms with Crippen molar-refractivity contribution in [3.63, 3.8) is 0 Å². The van der Waals surface area contributed by atoms with E-state index in [1.807, 2.05) is 0 Å². The highest BCUT2D eigenvalue weighted by molar-refractivity contribution is 5.95. The second-order valence-corrected chi connectivity index (χ2v) is 5.90. The summed E-state index contributed by atoms with van der Waals surface area (Å²) in [5.41, 5.74) is 0.173. The number of piperidine rings is 1. The van der Waals surface area contributed by atoms with E-state index in [1.165, 1.54) is 6.07 Å². The SMILES string of the molecule is CCCC1(C)CCCN(C(=O)c2cc(C(=O)O)co2)C1. The molecule has 0 aliphatic carbocycles. The molecule has 20 heavy (non-hydrogen) atoms. The van der Waals surface area contributed by atoms with E-state index < -0.39 is 5.97 Å². The summed E-state index contributed by atoms with van der Waals surface area (Å²) in [5.74, 6) is -1.18. The molecule has 1 aromatic heterocycles. The summed E-state index contributed by atoms with van der Waals surface area (Å²) in [4.78, 5) is 25.0. The van der Waals surface area contributed by atoms with Crippen LogP contribution < -0.4 is 0 Å². The summed E-state index contributed by atoms with van der Waals surface area (Å²) >= 11 is 0. The normalized spacial score (nSPS) is 22.8. The lowest BCUT2D eigenvalue weighted by molar-refractivity contribution is 0.0501. The lowest BCUT2D eigenvalue weighted by atomic mass is 9.78. The van der Waals surface area contributed by atoms with E-state index in [0.717, 1.165) is 31.9 Å². The Morgan fingerprint density at radius 1 is 1.50 bits per heavy atom. The van der Waals surface area contributed by atoms with Crippen molar-refractivity contribution in [2.45, 2.75) is 39.5 Å². The van der Waals surface area contributed by atoms with Gasteiger partial charge < -0.3 is 14.4 Å². The molecule has 0 spiro atoms. The Bertz CT molecular complexity index is 504. The van der Waals surface area contributed by atoms with Crippen molar-refractivity contribution in [1.82, 2.24) is 4.90 Å². The maximum Gasteiger partial charge on any atom is 0.338 e. The fraction of sp³-hybridized carbons (Fsp3) is 0.600. The van der Waals surface area contributed by atoms with Crippen molar-refractivity contribution in [3.05, 3.63) is 23.7 Å². The van der Waals surface area contributed by atoms with Gasteiger partial charge in [-0.15, -0.1) is 0 Å². The fourth-order valence-electron chi connectivity index (χ4n) is 3.01. The molecule has 2 heterocycles. The lowest BCUT2D eigenvalue weighted by Crippen LogP contribution is -2.44. The number of carboxylic acid groups (broad SMARTS) is 1. The number of carbonyl (C=O) groups is 2. The Morgan fingerprint density at radius 2 is 2.25 bits per heavy atom. The Hall–Kier alpha value is -1.78. The number of carboxylic acids is 1. The van der Waals surface area contributed by atoms with Crippen LogP contribution in [-0.2, 0) is 0 Å². The summed E-state index contributed by atoms with van der Waals surface area (Å²) in [6, 6.07) is 1.30. The number of furan rings is 1. The molecular weight excluding hydrogens is 258 g/mol. The van der Waals surface area contributed by atoms with Gasteiger partial charge in [0, 0.05) is 19.2 Å². The number of nitrogens with zero attached hydrogens (tertiary/aromatic N) is 1. The monoisotopic (exact) mass is 279 g/mol. The molecule has 1 aromatic rings. The predicted molar refractivity (Wildman–Crippen MR) is 73.8 cm³/mol. The summed E-state index contributed by atoms with van der Waals surface area (Å²) in [5, 5.41) is 8.86. The van der Waals surface area contributed by atoms with Gasteiger partial charge in [0.05, 0.1) is 5.56 Å². The van der Waals surface area contributed by atoms with Crippen LogP contribution in [-0.4, -0.2) is 35.0 Å². The molecule has 0 saturated carbocycles. The van der Waals surface area contributed by atoms with Crippen LogP contribution in [0.15, 0.2) is 16.7 Å². The first-order valence-corrected chi connectivity index (χ1v) is 7.06. The molecule has 1 N–H and O–H groups in total. The van der Waals surface area contributed by atoms with Gasteiger partial charge in [-0.05, 0) is 24.7 Å². The highest BCUT2D eigenvalue weighted by Gasteiger charge is 2.33. The topological polar surface area (TPSA) is 70.8 Å². The van der Waals surface area contributed by atoms with E-state index in [9.17, 15) is 9.59 Å². The van der Waals surface area contributed by atoms with Gasteiger partial charge >= 0.3 is 5.97 Å². The molecule has 110 valence electrons. The van der Waals surface area contributed by atoms with Crippen LogP contribution in [0.5, 0.6) is 0 Å². The Balaban J connectivity index is 2.10. The molecule has 1 saturated heterocycles. The van der Waals surface area contributed by atoms with Gasteiger partial charge in [-0.2, -0.15) is 0 Å². The highest BCUT2D eigenvalue weighted by atomic mass is 16.4. The van der Waals surface area contributed by atoms with Crippen LogP contribution in [0.3, 0.4) is 0 Å². The number of rotatable bonds is 4. The number of hydrogen-bond donors (Lipinski definition) is 1. The minimum atomic E-state index is -1.08. The molecule has 1 fully saturated rings. The molecule has 1 aliphatic heterocycles. The summed E-state index contributed by atoms with van der Waals surface area (Å²) in [7, 11) is 0. The Morgan fingerprint density at radius 3 is 2.85 bits per heavy atom. The molecule has 1 amide bonds. The molecule has 0 bridgehead atoms. The molecule has 0 aromatic carbocycles. The van der Waals surface area contributed by atoms with Gasteiger partial charge in [0.25, 0.3) is 5.91 Å². The lowest BCUT2D eigenvalue weighted by Gasteiger charge is -2.40. The van der Waals surface area contributed by atoms with Crippen LogP contribution in [0.4, 0.5) is 0 Å². The second kappa shape index (κ2) is 5.69. The summed E-state index contributed by atoms with van der Waals surface area (Å²) in [6.45, 7) is 5.78. The average Bonchev–Trinajstić information content (AvgIpc) is 2.87. The Kier molecular flexibility index (Phi) is 4.16. The van der Waals surface area contributed by atoms with Crippen molar-refractivity contribution >= 4 is 11.9 Å². The molecular formula is C15H21NO4. The van der Waals surface area contributed by atoms with Gasteiger partial charge in [0.15, 0.2) is 5.76 Å². The van der Waals surface area contributed by atoms with Crippen molar-refractivity contribution in [2.24, 2.45) is 5.41 Å². The van der Waals surface area contributed by atoms with Crippen molar-refractivity contribution in [1.29, 1.82) is 0 Å². The molecule has 1 unspecified atom stereocenters. The highest BCUT2D eigenvalue weighted by Crippen LogP contribution is 2.34. The zero-order valence-corrected chi connectivity index (χ0v) is 12.0. The van der Waals surface area contributed by atoms with Crippen molar-refractivity contribution in [3.8, 4) is 0 Å². The number of aromatic carboxylic acids is 1.